The van der Waals surface area contributed by atoms with Crippen molar-refractivity contribution >= 4 is 26.2 Å². The SMILES string of the molecule is O.[BiH3].[H-].[Na+].[Ti]. The van der Waals surface area contributed by atoms with Crippen LogP contribution in [0.3, 0.4) is 0 Å². The van der Waals surface area contributed by atoms with Crippen molar-refractivity contribution in [3.8, 4) is 0 Å². The Bertz CT molecular complexity index is 11.6. The van der Waals surface area contributed by atoms with Crippen LogP contribution in [0.1, 0.15) is 1.43 Å². The molecule has 22 valence electrons. The molecule has 2 N–H and O–H groups in total. The summed E-state index contributed by atoms with van der Waals surface area (Å²) in [5.41, 5.74) is 0. The minimum absolute atomic E-state index is 0. The van der Waals surface area contributed by atoms with Crippen molar-refractivity contribution in [2.24, 2.45) is 0 Å². The number of hydrogen-bond donors (Lipinski definition) is 0. The van der Waals surface area contributed by atoms with Crippen LogP contribution in [0.4, 0.5) is 0 Å². The molecule has 0 spiro atoms. The second-order valence-electron chi connectivity index (χ2n) is 0. The van der Waals surface area contributed by atoms with Gasteiger partial charge in [-0.25, -0.2) is 0 Å². The molecule has 0 saturated heterocycles. The van der Waals surface area contributed by atoms with Crippen molar-refractivity contribution < 1.29 is 58.2 Å². The molecule has 0 aliphatic carbocycles. The molecule has 0 atom stereocenters. The average molecular weight is 302 g/mol. The Balaban J connectivity index is 0. The van der Waals surface area contributed by atoms with Gasteiger partial charge < -0.3 is 6.90 Å². The molecule has 4 heavy (non-hydrogen) atoms. The van der Waals surface area contributed by atoms with Crippen LogP contribution in [0, 0.1) is 0 Å². The molecular formula is H6BiNaOTi. The molecule has 0 radical (unpaired) electrons. The van der Waals surface area contributed by atoms with Crippen molar-refractivity contribution in [3.05, 3.63) is 0 Å². The summed E-state index contributed by atoms with van der Waals surface area (Å²) in [5, 5.41) is 0. The van der Waals surface area contributed by atoms with Crippen LogP contribution >= 0.6 is 0 Å². The van der Waals surface area contributed by atoms with Gasteiger partial charge in [-0.3, -0.25) is 0 Å². The molecule has 0 heterocycles. The van der Waals surface area contributed by atoms with Crippen LogP contribution in [-0.4, -0.2) is 31.7 Å². The predicted molar refractivity (Wildman–Crippen MR) is 14.7 cm³/mol. The molecule has 0 bridgehead atoms. The van der Waals surface area contributed by atoms with Crippen molar-refractivity contribution in [2.75, 3.05) is 0 Å². The van der Waals surface area contributed by atoms with Crippen LogP contribution in [0.25, 0.3) is 0 Å². The van der Waals surface area contributed by atoms with Crippen LogP contribution in [0.15, 0.2) is 0 Å². The van der Waals surface area contributed by atoms with E-state index in [1.165, 1.54) is 0 Å². The zero-order chi connectivity index (χ0) is 0. The number of rotatable bonds is 0. The molecule has 0 amide bonds. The maximum absolute atomic E-state index is 0. The average Bonchev–Trinajstić information content (AvgIpc) is 0. The Hall–Kier alpha value is 2.56. The van der Waals surface area contributed by atoms with E-state index in [0.717, 1.165) is 0 Å². The van der Waals surface area contributed by atoms with Gasteiger partial charge in [-0.1, -0.05) is 0 Å². The topological polar surface area (TPSA) is 31.5 Å². The fourth-order valence-electron chi connectivity index (χ4n) is 0. The van der Waals surface area contributed by atoms with Crippen LogP contribution in [0.5, 0.6) is 0 Å². The molecule has 4 heteroatoms. The van der Waals surface area contributed by atoms with Crippen molar-refractivity contribution in [1.82, 2.24) is 0 Å². The Morgan fingerprint density at radius 1 is 1.25 bits per heavy atom. The van der Waals surface area contributed by atoms with Gasteiger partial charge in [0, 0.05) is 21.7 Å². The second-order valence-corrected chi connectivity index (χ2v) is 0. The van der Waals surface area contributed by atoms with Crippen LogP contribution < -0.4 is 29.6 Å². The van der Waals surface area contributed by atoms with Crippen LogP contribution in [0.2, 0.25) is 0 Å². The molecule has 0 aromatic heterocycles. The van der Waals surface area contributed by atoms with Gasteiger partial charge in [-0.15, -0.1) is 0 Å². The van der Waals surface area contributed by atoms with Gasteiger partial charge in [0.15, 0.2) is 0 Å². The van der Waals surface area contributed by atoms with Gasteiger partial charge in [-0.05, 0) is 0 Å². The summed E-state index contributed by atoms with van der Waals surface area (Å²) < 4.78 is 0. The molecule has 0 aliphatic rings. The fourth-order valence-corrected chi connectivity index (χ4v) is 0. The van der Waals surface area contributed by atoms with E-state index >= 15 is 0 Å². The van der Waals surface area contributed by atoms with Gasteiger partial charge in [0.1, 0.15) is 0 Å². The maximum Gasteiger partial charge on any atom is 1.00 e. The van der Waals surface area contributed by atoms with Gasteiger partial charge in [0.25, 0.3) is 0 Å². The molecule has 0 aromatic carbocycles. The largest absolute Gasteiger partial charge is 1.00 e. The van der Waals surface area contributed by atoms with Crippen molar-refractivity contribution in [2.45, 2.75) is 0 Å². The summed E-state index contributed by atoms with van der Waals surface area (Å²) in [7, 11) is 0. The van der Waals surface area contributed by atoms with Gasteiger partial charge in [-0.2, -0.15) is 0 Å². The molecule has 1 nitrogen and oxygen atoms in total. The Labute approximate surface area is 83.0 Å². The molecule has 0 rings (SSSR count). The summed E-state index contributed by atoms with van der Waals surface area (Å²) in [4.78, 5) is 0. The van der Waals surface area contributed by atoms with E-state index in [1.54, 1.807) is 0 Å². The first-order valence-corrected chi connectivity index (χ1v) is 0. The first-order valence-electron chi connectivity index (χ1n) is 0. The van der Waals surface area contributed by atoms with Crippen molar-refractivity contribution in [3.63, 3.8) is 0 Å². The minimum atomic E-state index is 0. The third kappa shape index (κ3) is 8.82. The first-order chi connectivity index (χ1) is 0. The van der Waals surface area contributed by atoms with E-state index in [1.807, 2.05) is 0 Å². The molecule has 0 aliphatic heterocycles. The summed E-state index contributed by atoms with van der Waals surface area (Å²) >= 11 is 0. The van der Waals surface area contributed by atoms with Gasteiger partial charge >= 0.3 is 55.8 Å². The Morgan fingerprint density at radius 2 is 1.25 bits per heavy atom. The predicted octanol–water partition coefficient (Wildman–Crippen LogP) is -4.89. The molecular weight excluding hydrogens is 296 g/mol. The molecule has 0 aromatic rings. The quantitative estimate of drug-likeness (QED) is 0.402. The van der Waals surface area contributed by atoms with Crippen LogP contribution in [-0.2, 0) is 21.7 Å². The Morgan fingerprint density at radius 3 is 1.25 bits per heavy atom. The summed E-state index contributed by atoms with van der Waals surface area (Å²) in [6, 6.07) is 0. The smallest absolute Gasteiger partial charge is 1.00 e. The normalized spacial score (nSPS) is 0. The van der Waals surface area contributed by atoms with E-state index in [4.69, 9.17) is 0 Å². The molecule has 0 fully saturated rings. The maximum atomic E-state index is 0. The standard InChI is InChI=1S/Bi.Na.H2O.Ti.4H/h;;1H2;;;;;/q;+1;;;;;;-1. The monoisotopic (exact) mass is 302 g/mol. The summed E-state index contributed by atoms with van der Waals surface area (Å²) in [6.45, 7) is 0. The summed E-state index contributed by atoms with van der Waals surface area (Å²) in [6.07, 6.45) is 0. The molecule has 0 unspecified atom stereocenters. The zero-order valence-corrected chi connectivity index (χ0v) is 11.8. The second kappa shape index (κ2) is 17.6. The van der Waals surface area contributed by atoms with E-state index < -0.39 is 0 Å². The number of hydrogen-bond acceptors (Lipinski definition) is 0. The third-order valence-corrected chi connectivity index (χ3v) is 0. The van der Waals surface area contributed by atoms with Crippen molar-refractivity contribution in [1.29, 1.82) is 0 Å². The fraction of sp³-hybridized carbons (Fsp3) is 0. The summed E-state index contributed by atoms with van der Waals surface area (Å²) in [5.74, 6) is 0. The Kier molecular flexibility index (Phi) is 137. The van der Waals surface area contributed by atoms with Gasteiger partial charge in [0.2, 0.25) is 0 Å². The third-order valence-electron chi connectivity index (χ3n) is 0. The van der Waals surface area contributed by atoms with E-state index in [-0.39, 0.29) is 84.4 Å². The minimum Gasteiger partial charge on any atom is -1.00 e. The first kappa shape index (κ1) is 31.0. The van der Waals surface area contributed by atoms with Gasteiger partial charge in [0.05, 0.1) is 0 Å². The van der Waals surface area contributed by atoms with E-state index in [0.29, 0.717) is 0 Å². The van der Waals surface area contributed by atoms with E-state index in [2.05, 4.69) is 0 Å². The zero-order valence-electron chi connectivity index (χ0n) is 3.71. The molecule has 0 saturated carbocycles. The van der Waals surface area contributed by atoms with E-state index in [9.17, 15) is 0 Å².